The summed E-state index contributed by atoms with van der Waals surface area (Å²) in [4.78, 5) is 11.8. The monoisotopic (exact) mass is 384 g/mol. The number of hydrogen-bond donors (Lipinski definition) is 0. The quantitative estimate of drug-likeness (QED) is 0.685. The van der Waals surface area contributed by atoms with Crippen molar-refractivity contribution in [1.29, 1.82) is 0 Å². The number of rotatable bonds is 2. The molecule has 2 atom stereocenters. The van der Waals surface area contributed by atoms with Crippen molar-refractivity contribution in [2.75, 3.05) is 0 Å². The number of alkyl halides is 3. The van der Waals surface area contributed by atoms with E-state index in [0.717, 1.165) is 4.47 Å². The summed E-state index contributed by atoms with van der Waals surface area (Å²) in [6, 6.07) is 13.8. The summed E-state index contributed by atoms with van der Waals surface area (Å²) in [5.74, 6) is -1.97. The minimum Gasteiger partial charge on any atom is -0.444 e. The van der Waals surface area contributed by atoms with Crippen LogP contribution in [0.4, 0.5) is 13.2 Å². The lowest BCUT2D eigenvalue weighted by molar-refractivity contribution is -0.269. The summed E-state index contributed by atoms with van der Waals surface area (Å²) < 4.78 is 47.7. The van der Waals surface area contributed by atoms with Gasteiger partial charge < -0.3 is 4.74 Å². The number of carbonyl (C=O) groups excluding carboxylic acids is 1. The molecule has 2 aromatic rings. The highest BCUT2D eigenvalue weighted by molar-refractivity contribution is 9.10. The molecule has 1 fully saturated rings. The number of benzene rings is 2. The Labute approximate surface area is 139 Å². The van der Waals surface area contributed by atoms with Crippen LogP contribution in [0.3, 0.4) is 0 Å². The van der Waals surface area contributed by atoms with Crippen LogP contribution in [0.25, 0.3) is 0 Å². The Morgan fingerprint density at radius 3 is 2.22 bits per heavy atom. The number of ether oxygens (including phenoxy) is 1. The van der Waals surface area contributed by atoms with Crippen molar-refractivity contribution in [3.8, 4) is 0 Å². The fourth-order valence-electron chi connectivity index (χ4n) is 3.02. The molecule has 0 radical (unpaired) electrons. The highest BCUT2D eigenvalue weighted by atomic mass is 79.9. The number of halogens is 4. The number of hydrogen-bond acceptors (Lipinski definition) is 2. The Morgan fingerprint density at radius 1 is 1.04 bits per heavy atom. The molecule has 6 heteroatoms. The Bertz CT molecular complexity index is 713. The van der Waals surface area contributed by atoms with Crippen LogP contribution in [0.15, 0.2) is 59.1 Å². The SMILES string of the molecule is O=C1C[C@@H](c2ccc(Br)cc2)[C@](c2ccccc2)(C(F)(F)F)O1. The highest BCUT2D eigenvalue weighted by Gasteiger charge is 2.67. The molecule has 0 aliphatic carbocycles. The van der Waals surface area contributed by atoms with Crippen molar-refractivity contribution in [3.05, 3.63) is 70.2 Å². The van der Waals surface area contributed by atoms with E-state index in [2.05, 4.69) is 15.9 Å². The lowest BCUT2D eigenvalue weighted by atomic mass is 9.77. The molecule has 2 nitrogen and oxygen atoms in total. The first-order valence-electron chi connectivity index (χ1n) is 6.94. The van der Waals surface area contributed by atoms with E-state index in [-0.39, 0.29) is 12.0 Å². The van der Waals surface area contributed by atoms with E-state index in [1.807, 2.05) is 0 Å². The molecule has 0 unspecified atom stereocenters. The van der Waals surface area contributed by atoms with Crippen LogP contribution in [-0.2, 0) is 15.1 Å². The summed E-state index contributed by atoms with van der Waals surface area (Å²) in [6.07, 6.45) is -5.03. The van der Waals surface area contributed by atoms with Gasteiger partial charge >= 0.3 is 12.1 Å². The number of carbonyl (C=O) groups is 1. The van der Waals surface area contributed by atoms with Gasteiger partial charge in [0.15, 0.2) is 0 Å². The van der Waals surface area contributed by atoms with Crippen molar-refractivity contribution < 1.29 is 22.7 Å². The maximum atomic E-state index is 14.0. The maximum Gasteiger partial charge on any atom is 0.433 e. The van der Waals surface area contributed by atoms with Crippen LogP contribution < -0.4 is 0 Å². The van der Waals surface area contributed by atoms with Gasteiger partial charge in [0.1, 0.15) is 0 Å². The molecule has 0 amide bonds. The predicted molar refractivity (Wildman–Crippen MR) is 81.8 cm³/mol. The van der Waals surface area contributed by atoms with E-state index in [0.29, 0.717) is 5.56 Å². The molecule has 0 spiro atoms. The van der Waals surface area contributed by atoms with Gasteiger partial charge in [-0.3, -0.25) is 4.79 Å². The zero-order chi connectivity index (χ0) is 16.7. The number of cyclic esters (lactones) is 1. The van der Waals surface area contributed by atoms with Gasteiger partial charge in [0.05, 0.1) is 6.42 Å². The van der Waals surface area contributed by atoms with Gasteiger partial charge in [0.25, 0.3) is 0 Å². The van der Waals surface area contributed by atoms with Crippen LogP contribution in [0, 0.1) is 0 Å². The van der Waals surface area contributed by atoms with Gasteiger partial charge in [0.2, 0.25) is 5.60 Å². The largest absolute Gasteiger partial charge is 0.444 e. The van der Waals surface area contributed by atoms with E-state index < -0.39 is 23.7 Å². The second-order valence-corrected chi connectivity index (χ2v) is 6.30. The highest BCUT2D eigenvalue weighted by Crippen LogP contribution is 2.56. The lowest BCUT2D eigenvalue weighted by Gasteiger charge is -2.35. The second-order valence-electron chi connectivity index (χ2n) is 5.38. The van der Waals surface area contributed by atoms with Crippen molar-refractivity contribution in [3.63, 3.8) is 0 Å². The standard InChI is InChI=1S/C17H12BrF3O2/c18-13-8-6-11(7-9-13)14-10-15(22)23-16(14,17(19,20)21)12-4-2-1-3-5-12/h1-9,14H,10H2/t14-,16+/m0/s1. The molecule has 1 saturated heterocycles. The van der Waals surface area contributed by atoms with Crippen LogP contribution >= 0.6 is 15.9 Å². The summed E-state index contributed by atoms with van der Waals surface area (Å²) in [5.41, 5.74) is -2.30. The van der Waals surface area contributed by atoms with Crippen LogP contribution in [0.2, 0.25) is 0 Å². The second kappa shape index (κ2) is 5.67. The van der Waals surface area contributed by atoms with E-state index in [1.54, 1.807) is 30.3 Å². The number of esters is 1. The Balaban J connectivity index is 2.20. The fraction of sp³-hybridized carbons (Fsp3) is 0.235. The molecule has 120 valence electrons. The average Bonchev–Trinajstić information content (AvgIpc) is 2.87. The van der Waals surface area contributed by atoms with Gasteiger partial charge in [-0.05, 0) is 17.7 Å². The van der Waals surface area contributed by atoms with Crippen molar-refractivity contribution >= 4 is 21.9 Å². The smallest absolute Gasteiger partial charge is 0.433 e. The van der Waals surface area contributed by atoms with Crippen molar-refractivity contribution in [1.82, 2.24) is 0 Å². The van der Waals surface area contributed by atoms with E-state index in [4.69, 9.17) is 4.74 Å². The van der Waals surface area contributed by atoms with E-state index in [1.165, 1.54) is 24.3 Å². The minimum absolute atomic E-state index is 0.0636. The molecule has 1 heterocycles. The molecule has 1 aliphatic rings. The molecular formula is C17H12BrF3O2. The van der Waals surface area contributed by atoms with Gasteiger partial charge in [-0.25, -0.2) is 0 Å². The molecular weight excluding hydrogens is 373 g/mol. The summed E-state index contributed by atoms with van der Waals surface area (Å²) >= 11 is 3.26. The van der Waals surface area contributed by atoms with Gasteiger partial charge in [-0.1, -0.05) is 58.4 Å². The third kappa shape index (κ3) is 2.65. The lowest BCUT2D eigenvalue weighted by Crippen LogP contribution is -2.46. The van der Waals surface area contributed by atoms with Gasteiger partial charge in [-0.15, -0.1) is 0 Å². The molecule has 0 aromatic heterocycles. The molecule has 1 aliphatic heterocycles. The molecule has 2 aromatic carbocycles. The molecule has 0 N–H and O–H groups in total. The first-order valence-corrected chi connectivity index (χ1v) is 7.73. The molecule has 23 heavy (non-hydrogen) atoms. The third-order valence-corrected chi connectivity index (χ3v) is 4.56. The average molecular weight is 385 g/mol. The predicted octanol–water partition coefficient (Wildman–Crippen LogP) is 4.94. The summed E-state index contributed by atoms with van der Waals surface area (Å²) in [5, 5.41) is 0. The topological polar surface area (TPSA) is 26.3 Å². The molecule has 3 rings (SSSR count). The van der Waals surface area contributed by atoms with Gasteiger partial charge in [0, 0.05) is 16.0 Å². The Hall–Kier alpha value is -1.82. The molecule has 0 saturated carbocycles. The summed E-state index contributed by atoms with van der Waals surface area (Å²) in [6.45, 7) is 0. The fourth-order valence-corrected chi connectivity index (χ4v) is 3.28. The molecule has 0 bridgehead atoms. The Kier molecular flexibility index (Phi) is 3.96. The van der Waals surface area contributed by atoms with E-state index >= 15 is 0 Å². The van der Waals surface area contributed by atoms with Crippen molar-refractivity contribution in [2.45, 2.75) is 24.1 Å². The third-order valence-electron chi connectivity index (χ3n) is 4.03. The summed E-state index contributed by atoms with van der Waals surface area (Å²) in [7, 11) is 0. The normalized spacial score (nSPS) is 24.5. The van der Waals surface area contributed by atoms with Crippen molar-refractivity contribution in [2.24, 2.45) is 0 Å². The van der Waals surface area contributed by atoms with Crippen LogP contribution in [-0.4, -0.2) is 12.1 Å². The zero-order valence-corrected chi connectivity index (χ0v) is 13.4. The first kappa shape index (κ1) is 16.1. The minimum atomic E-state index is -4.72. The van der Waals surface area contributed by atoms with E-state index in [9.17, 15) is 18.0 Å². The van der Waals surface area contributed by atoms with Crippen LogP contribution in [0.1, 0.15) is 23.5 Å². The Morgan fingerprint density at radius 2 is 1.65 bits per heavy atom. The van der Waals surface area contributed by atoms with Crippen LogP contribution in [0.5, 0.6) is 0 Å². The maximum absolute atomic E-state index is 14.0. The first-order chi connectivity index (χ1) is 10.8. The van der Waals surface area contributed by atoms with Gasteiger partial charge in [-0.2, -0.15) is 13.2 Å². The zero-order valence-electron chi connectivity index (χ0n) is 11.8.